The molecule has 0 aliphatic heterocycles. The van der Waals surface area contributed by atoms with Crippen LogP contribution < -0.4 is 10.6 Å². The van der Waals surface area contributed by atoms with Crippen molar-refractivity contribution in [3.63, 3.8) is 0 Å². The van der Waals surface area contributed by atoms with E-state index in [2.05, 4.69) is 31.5 Å². The second kappa shape index (κ2) is 7.25. The van der Waals surface area contributed by atoms with E-state index >= 15 is 0 Å². The zero-order valence-corrected chi connectivity index (χ0v) is 15.7. The lowest BCUT2D eigenvalue weighted by molar-refractivity contribution is -0.114. The highest BCUT2D eigenvalue weighted by Crippen LogP contribution is 2.28. The molecule has 0 saturated heterocycles. The first-order valence-corrected chi connectivity index (χ1v) is 9.35. The van der Waals surface area contributed by atoms with Gasteiger partial charge in [-0.2, -0.15) is 0 Å². The number of benzene rings is 1. The van der Waals surface area contributed by atoms with Gasteiger partial charge in [-0.25, -0.2) is 4.98 Å². The van der Waals surface area contributed by atoms with Gasteiger partial charge in [-0.1, -0.05) is 11.3 Å². The molecular formula is C16H12BrN3O2S2. The van der Waals surface area contributed by atoms with Crippen molar-refractivity contribution in [2.75, 3.05) is 10.6 Å². The molecule has 1 aromatic carbocycles. The van der Waals surface area contributed by atoms with E-state index in [-0.39, 0.29) is 11.8 Å². The Balaban J connectivity index is 1.71. The zero-order valence-electron chi connectivity index (χ0n) is 12.5. The fourth-order valence-corrected chi connectivity index (χ4v) is 4.24. The number of anilines is 2. The summed E-state index contributed by atoms with van der Waals surface area (Å²) in [5.74, 6) is -0.363. The highest BCUT2D eigenvalue weighted by atomic mass is 79.9. The SMILES string of the molecule is CC(=O)Nc1nc2ccc(NC(=O)C=Cc3ccc(Br)s3)cc2s1. The van der Waals surface area contributed by atoms with Crippen molar-refractivity contribution in [2.45, 2.75) is 6.92 Å². The molecule has 8 heteroatoms. The normalized spacial score (nSPS) is 11.1. The predicted octanol–water partition coefficient (Wildman–Crippen LogP) is 4.73. The molecule has 122 valence electrons. The zero-order chi connectivity index (χ0) is 17.1. The predicted molar refractivity (Wildman–Crippen MR) is 104 cm³/mol. The number of hydrogen-bond donors (Lipinski definition) is 2. The van der Waals surface area contributed by atoms with Crippen LogP contribution in [-0.4, -0.2) is 16.8 Å². The molecule has 5 nitrogen and oxygen atoms in total. The van der Waals surface area contributed by atoms with Gasteiger partial charge in [0.05, 0.1) is 14.0 Å². The maximum absolute atomic E-state index is 12.0. The maximum atomic E-state index is 12.0. The smallest absolute Gasteiger partial charge is 0.248 e. The van der Waals surface area contributed by atoms with Crippen molar-refractivity contribution in [3.05, 3.63) is 45.1 Å². The molecule has 0 saturated carbocycles. The molecule has 3 rings (SSSR count). The number of amides is 2. The number of carbonyl (C=O) groups is 2. The second-order valence-corrected chi connectivity index (χ2v) is 8.37. The summed E-state index contributed by atoms with van der Waals surface area (Å²) in [6.07, 6.45) is 3.27. The first-order chi connectivity index (χ1) is 11.5. The van der Waals surface area contributed by atoms with E-state index in [1.54, 1.807) is 23.5 Å². The first-order valence-electron chi connectivity index (χ1n) is 6.92. The van der Waals surface area contributed by atoms with Crippen LogP contribution in [0.4, 0.5) is 10.8 Å². The summed E-state index contributed by atoms with van der Waals surface area (Å²) >= 11 is 6.30. The monoisotopic (exact) mass is 421 g/mol. The Morgan fingerprint density at radius 2 is 2.00 bits per heavy atom. The summed E-state index contributed by atoms with van der Waals surface area (Å²) in [5.41, 5.74) is 1.46. The van der Waals surface area contributed by atoms with E-state index in [1.165, 1.54) is 24.3 Å². The van der Waals surface area contributed by atoms with Gasteiger partial charge in [0.25, 0.3) is 0 Å². The molecule has 0 atom stereocenters. The Morgan fingerprint density at radius 3 is 2.71 bits per heavy atom. The van der Waals surface area contributed by atoms with Crippen LogP contribution in [0.25, 0.3) is 16.3 Å². The lowest BCUT2D eigenvalue weighted by atomic mass is 10.3. The molecule has 3 aromatic rings. The highest BCUT2D eigenvalue weighted by Gasteiger charge is 2.07. The van der Waals surface area contributed by atoms with Crippen molar-refractivity contribution >= 4 is 77.5 Å². The number of nitrogens with zero attached hydrogens (tertiary/aromatic N) is 1. The van der Waals surface area contributed by atoms with E-state index in [0.717, 1.165) is 18.9 Å². The average Bonchev–Trinajstić information content (AvgIpc) is 3.09. The number of thiazole rings is 1. The maximum Gasteiger partial charge on any atom is 0.248 e. The summed E-state index contributed by atoms with van der Waals surface area (Å²) in [7, 11) is 0. The quantitative estimate of drug-likeness (QED) is 0.598. The lowest BCUT2D eigenvalue weighted by Gasteiger charge is -2.01. The van der Waals surface area contributed by atoms with E-state index in [9.17, 15) is 9.59 Å². The standard InChI is InChI=1S/C16H12BrN3O2S2/c1-9(21)18-16-20-12-5-2-10(8-13(12)24-16)19-15(22)7-4-11-3-6-14(17)23-11/h2-8H,1H3,(H,19,22)(H,18,20,21). The number of aromatic nitrogens is 1. The third-order valence-electron chi connectivity index (χ3n) is 2.93. The van der Waals surface area contributed by atoms with Crippen LogP contribution >= 0.6 is 38.6 Å². The van der Waals surface area contributed by atoms with E-state index < -0.39 is 0 Å². The molecule has 0 fully saturated rings. The topological polar surface area (TPSA) is 71.1 Å². The van der Waals surface area contributed by atoms with Crippen LogP contribution in [0.3, 0.4) is 0 Å². The summed E-state index contributed by atoms with van der Waals surface area (Å²) in [5, 5.41) is 6.03. The van der Waals surface area contributed by atoms with Gasteiger partial charge in [-0.05, 0) is 52.3 Å². The van der Waals surface area contributed by atoms with Crippen LogP contribution in [0.15, 0.2) is 40.2 Å². The molecule has 2 N–H and O–H groups in total. The van der Waals surface area contributed by atoms with Crippen LogP contribution in [0, 0.1) is 0 Å². The molecule has 2 amide bonds. The van der Waals surface area contributed by atoms with E-state index in [1.807, 2.05) is 24.3 Å². The van der Waals surface area contributed by atoms with Crippen molar-refractivity contribution < 1.29 is 9.59 Å². The molecule has 0 radical (unpaired) electrons. The van der Waals surface area contributed by atoms with Gasteiger partial charge in [-0.15, -0.1) is 11.3 Å². The van der Waals surface area contributed by atoms with Gasteiger partial charge >= 0.3 is 0 Å². The molecule has 24 heavy (non-hydrogen) atoms. The van der Waals surface area contributed by atoms with Crippen LogP contribution in [0.5, 0.6) is 0 Å². The first kappa shape index (κ1) is 16.8. The van der Waals surface area contributed by atoms with Crippen LogP contribution in [0.2, 0.25) is 0 Å². The Bertz CT molecular complexity index is 946. The number of carbonyl (C=O) groups excluding carboxylic acids is 2. The minimum Gasteiger partial charge on any atom is -0.322 e. The number of hydrogen-bond acceptors (Lipinski definition) is 5. The number of thiophene rings is 1. The van der Waals surface area contributed by atoms with Crippen molar-refractivity contribution in [1.29, 1.82) is 0 Å². The number of nitrogens with one attached hydrogen (secondary N) is 2. The van der Waals surface area contributed by atoms with Gasteiger partial charge < -0.3 is 10.6 Å². The summed E-state index contributed by atoms with van der Waals surface area (Å²) in [6, 6.07) is 9.31. The molecule has 2 aromatic heterocycles. The molecule has 0 spiro atoms. The number of halogens is 1. The summed E-state index contributed by atoms with van der Waals surface area (Å²) < 4.78 is 1.91. The molecule has 2 heterocycles. The second-order valence-electron chi connectivity index (χ2n) is 4.85. The van der Waals surface area contributed by atoms with Crippen LogP contribution in [0.1, 0.15) is 11.8 Å². The molecule has 0 bridgehead atoms. The molecule has 0 unspecified atom stereocenters. The van der Waals surface area contributed by atoms with Gasteiger partial charge in [0, 0.05) is 23.6 Å². The fourth-order valence-electron chi connectivity index (χ4n) is 1.97. The average molecular weight is 422 g/mol. The Kier molecular flexibility index (Phi) is 5.08. The summed E-state index contributed by atoms with van der Waals surface area (Å²) in [4.78, 5) is 28.4. The van der Waals surface area contributed by atoms with Crippen molar-refractivity contribution in [1.82, 2.24) is 4.98 Å². The number of fused-ring (bicyclic) bond motifs is 1. The molecule has 0 aliphatic rings. The third kappa shape index (κ3) is 4.28. The highest BCUT2D eigenvalue weighted by molar-refractivity contribution is 9.11. The fraction of sp³-hybridized carbons (Fsp3) is 0.0625. The van der Waals surface area contributed by atoms with E-state index in [0.29, 0.717) is 10.8 Å². The van der Waals surface area contributed by atoms with Gasteiger partial charge in [-0.3, -0.25) is 9.59 Å². The third-order valence-corrected chi connectivity index (χ3v) is 5.45. The molecule has 0 aliphatic carbocycles. The van der Waals surface area contributed by atoms with Crippen molar-refractivity contribution in [3.8, 4) is 0 Å². The summed E-state index contributed by atoms with van der Waals surface area (Å²) in [6.45, 7) is 1.44. The Morgan fingerprint density at radius 1 is 1.17 bits per heavy atom. The van der Waals surface area contributed by atoms with Gasteiger partial charge in [0.15, 0.2) is 5.13 Å². The minimum absolute atomic E-state index is 0.159. The van der Waals surface area contributed by atoms with E-state index in [4.69, 9.17) is 0 Å². The van der Waals surface area contributed by atoms with Gasteiger partial charge in [0.2, 0.25) is 11.8 Å². The molecular weight excluding hydrogens is 410 g/mol. The largest absolute Gasteiger partial charge is 0.322 e. The Hall–Kier alpha value is -2.03. The van der Waals surface area contributed by atoms with Crippen molar-refractivity contribution in [2.24, 2.45) is 0 Å². The van der Waals surface area contributed by atoms with Crippen LogP contribution in [-0.2, 0) is 9.59 Å². The Labute approximate surface area is 154 Å². The van der Waals surface area contributed by atoms with Gasteiger partial charge in [0.1, 0.15) is 0 Å². The lowest BCUT2D eigenvalue weighted by Crippen LogP contribution is -2.07. The minimum atomic E-state index is -0.203. The number of rotatable bonds is 4.